The number of hydrogen-bond donors (Lipinski definition) is 3. The average molecular weight is 505 g/mol. The van der Waals surface area contributed by atoms with Crippen LogP contribution in [-0.4, -0.2) is 58.9 Å². The van der Waals surface area contributed by atoms with Gasteiger partial charge in [-0.3, -0.25) is 4.79 Å². The molecule has 0 atom stereocenters. The van der Waals surface area contributed by atoms with Crippen LogP contribution in [0.1, 0.15) is 23.0 Å². The Hall–Kier alpha value is -4.36. The summed E-state index contributed by atoms with van der Waals surface area (Å²) < 4.78 is 0. The highest BCUT2D eigenvalue weighted by Gasteiger charge is 2.23. The van der Waals surface area contributed by atoms with Crippen LogP contribution in [0.3, 0.4) is 0 Å². The quantitative estimate of drug-likeness (QED) is 0.239. The molecule has 1 fully saturated rings. The Labute approximate surface area is 222 Å². The molecule has 5 aromatic rings. The van der Waals surface area contributed by atoms with Gasteiger partial charge in [-0.15, -0.1) is 0 Å². The lowest BCUT2D eigenvalue weighted by molar-refractivity contribution is 0.101. The van der Waals surface area contributed by atoms with E-state index >= 15 is 0 Å². The molecule has 0 amide bonds. The van der Waals surface area contributed by atoms with Crippen LogP contribution in [0.15, 0.2) is 72.8 Å². The van der Waals surface area contributed by atoms with E-state index in [-0.39, 0.29) is 5.78 Å². The number of nitrogens with one attached hydrogen (secondary N) is 3. The summed E-state index contributed by atoms with van der Waals surface area (Å²) in [5, 5.41) is 3.46. The van der Waals surface area contributed by atoms with Gasteiger partial charge in [0.05, 0.1) is 16.7 Å². The maximum atomic E-state index is 12.8. The monoisotopic (exact) mass is 504 g/mol. The standard InChI is InChI=1S/C31H32N6O/c1-20-28(21(2)38)29(22-8-7-11-24(18-22)33-23-9-5-4-6-10-23)30(32-20)31-34-26-13-12-25(19-27(26)35-31)37-16-14-36(3)15-17-37/h4-13,18-19,32-33H,14-17H2,1-3H3,(H,34,35). The van der Waals surface area contributed by atoms with Crippen molar-refractivity contribution >= 4 is 33.9 Å². The minimum Gasteiger partial charge on any atom is -0.369 e. The zero-order valence-electron chi connectivity index (χ0n) is 22.0. The number of aromatic amines is 2. The topological polar surface area (TPSA) is 80.1 Å². The molecule has 1 aliphatic rings. The second-order valence-electron chi connectivity index (χ2n) is 10.1. The number of likely N-dealkylation sites (N-methyl/N-ethyl adjacent to an activating group) is 1. The van der Waals surface area contributed by atoms with Gasteiger partial charge in [0.1, 0.15) is 0 Å². The van der Waals surface area contributed by atoms with E-state index in [4.69, 9.17) is 4.98 Å². The molecule has 1 saturated heterocycles. The molecular formula is C31H32N6O. The molecule has 7 nitrogen and oxygen atoms in total. The number of carbonyl (C=O) groups excluding carboxylic acids is 1. The normalized spacial score (nSPS) is 14.2. The largest absolute Gasteiger partial charge is 0.369 e. The van der Waals surface area contributed by atoms with Crippen molar-refractivity contribution in [2.45, 2.75) is 13.8 Å². The number of rotatable bonds is 6. The number of fused-ring (bicyclic) bond motifs is 1. The molecular weight excluding hydrogens is 472 g/mol. The number of benzene rings is 3. The molecule has 3 aromatic carbocycles. The first-order valence-electron chi connectivity index (χ1n) is 13.1. The third-order valence-electron chi connectivity index (χ3n) is 7.32. The van der Waals surface area contributed by atoms with Gasteiger partial charge in [-0.05, 0) is 68.9 Å². The first-order valence-corrected chi connectivity index (χ1v) is 13.1. The van der Waals surface area contributed by atoms with Gasteiger partial charge in [0.2, 0.25) is 0 Å². The fourth-order valence-electron chi connectivity index (χ4n) is 5.35. The summed E-state index contributed by atoms with van der Waals surface area (Å²) in [7, 11) is 2.17. The SMILES string of the molecule is CC(=O)c1c(C)[nH]c(-c2nc3ccc(N4CCN(C)CC4)cc3[nH]2)c1-c1cccc(Nc2ccccc2)c1. The molecule has 7 heteroatoms. The van der Waals surface area contributed by atoms with Crippen molar-refractivity contribution in [2.75, 3.05) is 43.4 Å². The number of piperazine rings is 1. The van der Waals surface area contributed by atoms with Crippen LogP contribution in [0, 0.1) is 6.92 Å². The van der Waals surface area contributed by atoms with Crippen LogP contribution < -0.4 is 10.2 Å². The minimum absolute atomic E-state index is 0.0230. The lowest BCUT2D eigenvalue weighted by Crippen LogP contribution is -2.44. The number of carbonyl (C=O) groups is 1. The van der Waals surface area contributed by atoms with Gasteiger partial charge in [0.15, 0.2) is 11.6 Å². The van der Waals surface area contributed by atoms with Crippen molar-refractivity contribution < 1.29 is 4.79 Å². The number of anilines is 3. The minimum atomic E-state index is 0.0230. The van der Waals surface area contributed by atoms with Crippen molar-refractivity contribution in [2.24, 2.45) is 0 Å². The lowest BCUT2D eigenvalue weighted by Gasteiger charge is -2.34. The van der Waals surface area contributed by atoms with Gasteiger partial charge in [-0.2, -0.15) is 0 Å². The zero-order chi connectivity index (χ0) is 26.2. The molecule has 0 unspecified atom stereocenters. The first-order chi connectivity index (χ1) is 18.5. The van der Waals surface area contributed by atoms with Gasteiger partial charge < -0.3 is 25.1 Å². The average Bonchev–Trinajstić information content (AvgIpc) is 3.50. The Kier molecular flexibility index (Phi) is 6.21. The number of imidazole rings is 1. The number of aromatic nitrogens is 3. The zero-order valence-corrected chi connectivity index (χ0v) is 22.0. The molecule has 3 N–H and O–H groups in total. The van der Waals surface area contributed by atoms with Gasteiger partial charge in [0, 0.05) is 60.1 Å². The predicted octanol–water partition coefficient (Wildman–Crippen LogP) is 6.23. The maximum Gasteiger partial charge on any atom is 0.162 e. The number of H-pyrrole nitrogens is 2. The number of Topliss-reactive ketones (excluding diaryl/α,β-unsaturated/α-hetero) is 1. The summed E-state index contributed by atoms with van der Waals surface area (Å²) in [5.41, 5.74) is 9.22. The van der Waals surface area contributed by atoms with E-state index in [1.807, 2.05) is 55.5 Å². The Bertz CT molecular complexity index is 1610. The number of nitrogens with zero attached hydrogens (tertiary/aromatic N) is 3. The second-order valence-corrected chi connectivity index (χ2v) is 10.1. The number of hydrogen-bond acceptors (Lipinski definition) is 5. The van der Waals surface area contributed by atoms with Crippen molar-refractivity contribution in [3.8, 4) is 22.6 Å². The molecule has 3 heterocycles. The second kappa shape index (κ2) is 9.84. The lowest BCUT2D eigenvalue weighted by atomic mass is 9.97. The van der Waals surface area contributed by atoms with Crippen LogP contribution in [-0.2, 0) is 0 Å². The molecule has 0 radical (unpaired) electrons. The molecule has 0 spiro atoms. The van der Waals surface area contributed by atoms with Crippen LogP contribution >= 0.6 is 0 Å². The Balaban J connectivity index is 1.41. The molecule has 0 saturated carbocycles. The summed E-state index contributed by atoms with van der Waals surface area (Å²) >= 11 is 0. The van der Waals surface area contributed by atoms with Gasteiger partial charge in [-0.25, -0.2) is 4.98 Å². The summed E-state index contributed by atoms with van der Waals surface area (Å²) in [6, 6.07) is 24.7. The van der Waals surface area contributed by atoms with Crippen molar-refractivity contribution in [3.63, 3.8) is 0 Å². The van der Waals surface area contributed by atoms with E-state index in [1.54, 1.807) is 6.92 Å². The van der Waals surface area contributed by atoms with Crippen LogP contribution in [0.4, 0.5) is 17.1 Å². The van der Waals surface area contributed by atoms with E-state index in [2.05, 4.69) is 56.4 Å². The van der Waals surface area contributed by atoms with E-state index < -0.39 is 0 Å². The van der Waals surface area contributed by atoms with E-state index in [0.29, 0.717) is 5.56 Å². The summed E-state index contributed by atoms with van der Waals surface area (Å²) in [5.74, 6) is 0.748. The summed E-state index contributed by atoms with van der Waals surface area (Å²) in [6.45, 7) is 7.71. The summed E-state index contributed by atoms with van der Waals surface area (Å²) in [6.07, 6.45) is 0. The predicted molar refractivity (Wildman–Crippen MR) is 155 cm³/mol. The highest BCUT2D eigenvalue weighted by atomic mass is 16.1. The van der Waals surface area contributed by atoms with Crippen molar-refractivity contribution in [1.82, 2.24) is 19.9 Å². The number of aryl methyl sites for hydroxylation is 1. The highest BCUT2D eigenvalue weighted by molar-refractivity contribution is 6.06. The highest BCUT2D eigenvalue weighted by Crippen LogP contribution is 2.38. The Morgan fingerprint density at radius 2 is 1.66 bits per heavy atom. The third kappa shape index (κ3) is 4.57. The van der Waals surface area contributed by atoms with Gasteiger partial charge in [0.25, 0.3) is 0 Å². The van der Waals surface area contributed by atoms with Gasteiger partial charge >= 0.3 is 0 Å². The molecule has 192 valence electrons. The fraction of sp³-hybridized carbons (Fsp3) is 0.226. The molecule has 6 rings (SSSR count). The Morgan fingerprint density at radius 1 is 0.895 bits per heavy atom. The van der Waals surface area contributed by atoms with E-state index in [0.717, 1.165) is 76.9 Å². The van der Waals surface area contributed by atoms with Crippen LogP contribution in [0.5, 0.6) is 0 Å². The third-order valence-corrected chi connectivity index (χ3v) is 7.32. The number of ketones is 1. The van der Waals surface area contributed by atoms with Crippen LogP contribution in [0.25, 0.3) is 33.7 Å². The van der Waals surface area contributed by atoms with Crippen LogP contribution in [0.2, 0.25) is 0 Å². The van der Waals surface area contributed by atoms with Gasteiger partial charge in [-0.1, -0.05) is 30.3 Å². The Morgan fingerprint density at radius 3 is 2.42 bits per heavy atom. The van der Waals surface area contributed by atoms with Crippen molar-refractivity contribution in [3.05, 3.63) is 84.1 Å². The molecule has 1 aliphatic heterocycles. The fourth-order valence-corrected chi connectivity index (χ4v) is 5.35. The van der Waals surface area contributed by atoms with Crippen molar-refractivity contribution in [1.29, 1.82) is 0 Å². The summed E-state index contributed by atoms with van der Waals surface area (Å²) in [4.78, 5) is 29.5. The molecule has 38 heavy (non-hydrogen) atoms. The first kappa shape index (κ1) is 24.0. The van der Waals surface area contributed by atoms with E-state index in [9.17, 15) is 4.79 Å². The molecule has 0 aliphatic carbocycles. The van der Waals surface area contributed by atoms with E-state index in [1.165, 1.54) is 5.69 Å². The number of para-hydroxylation sites is 1. The smallest absolute Gasteiger partial charge is 0.162 e. The molecule has 2 aromatic heterocycles. The maximum absolute atomic E-state index is 12.8. The molecule has 0 bridgehead atoms.